The second kappa shape index (κ2) is 9.47. The van der Waals surface area contributed by atoms with Gasteiger partial charge in [-0.15, -0.1) is 0 Å². The van der Waals surface area contributed by atoms with E-state index in [0.717, 1.165) is 36.9 Å². The minimum Gasteiger partial charge on any atom is -0.496 e. The Balaban J connectivity index is 1.43. The summed E-state index contributed by atoms with van der Waals surface area (Å²) in [6.45, 7) is 1.31. The molecule has 0 aliphatic heterocycles. The van der Waals surface area contributed by atoms with Crippen LogP contribution >= 0.6 is 0 Å². The number of methoxy groups -OCH3 is 2. The highest BCUT2D eigenvalue weighted by Gasteiger charge is 2.22. The molecular weight excluding hydrogens is 454 g/mol. The van der Waals surface area contributed by atoms with Gasteiger partial charge in [0.15, 0.2) is 22.4 Å². The first-order chi connectivity index (χ1) is 16.6. The van der Waals surface area contributed by atoms with E-state index in [1.807, 2.05) is 48.4 Å². The fraction of sp³-hybridized carbons (Fsp3) is 0.333. The lowest BCUT2D eigenvalue weighted by Gasteiger charge is -2.12. The number of anilines is 1. The zero-order chi connectivity index (χ0) is 23.7. The van der Waals surface area contributed by atoms with Gasteiger partial charge in [0.05, 0.1) is 27.0 Å². The van der Waals surface area contributed by atoms with Gasteiger partial charge in [0.2, 0.25) is 0 Å². The van der Waals surface area contributed by atoms with Crippen molar-refractivity contribution in [2.24, 2.45) is 0 Å². The van der Waals surface area contributed by atoms with Gasteiger partial charge in [-0.05, 0) is 67.3 Å². The third-order valence-electron chi connectivity index (χ3n) is 6.00. The maximum Gasteiger partial charge on any atom is 0.193 e. The molecule has 0 bridgehead atoms. The summed E-state index contributed by atoms with van der Waals surface area (Å²) in [7, 11) is 3.49. The number of hydrogen-bond acceptors (Lipinski definition) is 7. The third kappa shape index (κ3) is 4.26. The van der Waals surface area contributed by atoms with Crippen LogP contribution in [0.3, 0.4) is 0 Å². The number of aryl methyl sites for hydroxylation is 2. The summed E-state index contributed by atoms with van der Waals surface area (Å²) >= 11 is 0. The lowest BCUT2D eigenvalue weighted by molar-refractivity contribution is 0.403. The fourth-order valence-corrected chi connectivity index (χ4v) is 5.41. The molecule has 0 saturated heterocycles. The Kier molecular flexibility index (Phi) is 6.25. The molecule has 0 saturated carbocycles. The van der Waals surface area contributed by atoms with E-state index in [4.69, 9.17) is 14.0 Å². The first-order valence-corrected chi connectivity index (χ1v) is 12.2. The molecule has 178 valence electrons. The highest BCUT2D eigenvalue weighted by atomic mass is 32.2. The summed E-state index contributed by atoms with van der Waals surface area (Å²) in [5.74, 6) is 1.54. The van der Waals surface area contributed by atoms with E-state index in [0.29, 0.717) is 39.7 Å². The summed E-state index contributed by atoms with van der Waals surface area (Å²) in [5, 5.41) is 12.3. The SMILES string of the molecule is CNCc1cnn(Cc2cc(OC)c3c(NS(=O)c4cc5c(cc4OC)CCC5)noc3c2)c1. The molecule has 4 aromatic rings. The minimum absolute atomic E-state index is 0.356. The summed E-state index contributed by atoms with van der Waals surface area (Å²) < 4.78 is 34.9. The molecule has 0 amide bonds. The van der Waals surface area contributed by atoms with Crippen molar-refractivity contribution in [3.63, 3.8) is 0 Å². The Morgan fingerprint density at radius 1 is 1.09 bits per heavy atom. The molecule has 0 fully saturated rings. The van der Waals surface area contributed by atoms with Gasteiger partial charge in [-0.2, -0.15) is 5.10 Å². The van der Waals surface area contributed by atoms with Gasteiger partial charge in [-0.1, -0.05) is 5.16 Å². The van der Waals surface area contributed by atoms with Crippen LogP contribution < -0.4 is 19.5 Å². The normalized spacial score (nSPS) is 13.7. The number of ether oxygens (including phenoxy) is 2. The van der Waals surface area contributed by atoms with Crippen LogP contribution in [0.4, 0.5) is 5.82 Å². The number of fused-ring (bicyclic) bond motifs is 2. The Morgan fingerprint density at radius 3 is 2.65 bits per heavy atom. The molecule has 1 unspecified atom stereocenters. The number of benzene rings is 2. The van der Waals surface area contributed by atoms with Gasteiger partial charge in [0.25, 0.3) is 0 Å². The molecule has 10 heteroatoms. The monoisotopic (exact) mass is 481 g/mol. The number of hydrogen-bond donors (Lipinski definition) is 2. The summed E-state index contributed by atoms with van der Waals surface area (Å²) in [6, 6.07) is 7.77. The molecule has 2 aromatic heterocycles. The quantitative estimate of drug-likeness (QED) is 0.377. The van der Waals surface area contributed by atoms with E-state index in [-0.39, 0.29) is 0 Å². The fourth-order valence-electron chi connectivity index (χ4n) is 4.41. The van der Waals surface area contributed by atoms with Crippen molar-refractivity contribution in [1.82, 2.24) is 20.3 Å². The molecule has 1 aliphatic rings. The van der Waals surface area contributed by atoms with E-state index < -0.39 is 11.0 Å². The van der Waals surface area contributed by atoms with Crippen molar-refractivity contribution in [2.45, 2.75) is 37.2 Å². The number of nitrogens with one attached hydrogen (secondary N) is 2. The first kappa shape index (κ1) is 22.4. The van der Waals surface area contributed by atoms with E-state index in [1.54, 1.807) is 14.2 Å². The van der Waals surface area contributed by atoms with Gasteiger partial charge in [-0.25, -0.2) is 4.21 Å². The molecule has 2 heterocycles. The van der Waals surface area contributed by atoms with Crippen LogP contribution in [0.5, 0.6) is 11.5 Å². The zero-order valence-corrected chi connectivity index (χ0v) is 20.2. The lowest BCUT2D eigenvalue weighted by Crippen LogP contribution is -2.08. The van der Waals surface area contributed by atoms with E-state index in [1.165, 1.54) is 11.1 Å². The Morgan fingerprint density at radius 2 is 1.88 bits per heavy atom. The van der Waals surface area contributed by atoms with Crippen LogP contribution in [-0.2, 0) is 36.9 Å². The van der Waals surface area contributed by atoms with Crippen molar-refractivity contribution < 1.29 is 18.2 Å². The Labute approximate surface area is 200 Å². The second-order valence-corrected chi connectivity index (χ2v) is 9.46. The van der Waals surface area contributed by atoms with Crippen molar-refractivity contribution >= 4 is 27.8 Å². The molecule has 34 heavy (non-hydrogen) atoms. The average Bonchev–Trinajstić information content (AvgIpc) is 3.58. The first-order valence-electron chi connectivity index (χ1n) is 11.1. The smallest absolute Gasteiger partial charge is 0.193 e. The second-order valence-electron chi connectivity index (χ2n) is 8.28. The molecule has 9 nitrogen and oxygen atoms in total. The number of rotatable bonds is 9. The summed E-state index contributed by atoms with van der Waals surface area (Å²) in [4.78, 5) is 0.589. The largest absolute Gasteiger partial charge is 0.496 e. The Hall–Kier alpha value is -3.37. The highest BCUT2D eigenvalue weighted by molar-refractivity contribution is 7.86. The van der Waals surface area contributed by atoms with Gasteiger partial charge < -0.3 is 19.3 Å². The molecule has 2 aromatic carbocycles. The van der Waals surface area contributed by atoms with Crippen LogP contribution in [0, 0.1) is 0 Å². The number of aromatic nitrogens is 3. The number of nitrogens with zero attached hydrogens (tertiary/aromatic N) is 3. The summed E-state index contributed by atoms with van der Waals surface area (Å²) in [6.07, 6.45) is 6.94. The van der Waals surface area contributed by atoms with E-state index in [9.17, 15) is 4.21 Å². The molecule has 1 aliphatic carbocycles. The van der Waals surface area contributed by atoms with Gasteiger partial charge in [0, 0.05) is 18.3 Å². The predicted octanol–water partition coefficient (Wildman–Crippen LogP) is 3.43. The van der Waals surface area contributed by atoms with Crippen molar-refractivity contribution in [3.8, 4) is 11.5 Å². The van der Waals surface area contributed by atoms with Gasteiger partial charge in [-0.3, -0.25) is 9.40 Å². The maximum atomic E-state index is 13.3. The van der Waals surface area contributed by atoms with Crippen LogP contribution in [0.2, 0.25) is 0 Å². The lowest BCUT2D eigenvalue weighted by atomic mass is 10.1. The minimum atomic E-state index is -1.59. The van der Waals surface area contributed by atoms with E-state index in [2.05, 4.69) is 20.3 Å². The standard InChI is InChI=1S/C24H27N5O4S/c1-25-11-16-12-26-29(14-16)13-15-7-20(32-3)23-21(8-15)33-27-24(23)28-34(30)22-10-18-6-4-5-17(18)9-19(22)31-2/h7-10,12,14,25H,4-6,11,13H2,1-3H3,(H,27,28). The van der Waals surface area contributed by atoms with E-state index >= 15 is 0 Å². The van der Waals surface area contributed by atoms with Crippen LogP contribution in [0.25, 0.3) is 11.0 Å². The van der Waals surface area contributed by atoms with Crippen molar-refractivity contribution in [1.29, 1.82) is 0 Å². The van der Waals surface area contributed by atoms with Gasteiger partial charge >= 0.3 is 0 Å². The highest BCUT2D eigenvalue weighted by Crippen LogP contribution is 2.36. The predicted molar refractivity (Wildman–Crippen MR) is 130 cm³/mol. The molecule has 0 radical (unpaired) electrons. The van der Waals surface area contributed by atoms with Crippen molar-refractivity contribution in [3.05, 3.63) is 58.9 Å². The summed E-state index contributed by atoms with van der Waals surface area (Å²) in [5.41, 5.74) is 5.07. The zero-order valence-electron chi connectivity index (χ0n) is 19.4. The molecule has 0 spiro atoms. The molecule has 2 N–H and O–H groups in total. The van der Waals surface area contributed by atoms with Crippen molar-refractivity contribution in [2.75, 3.05) is 26.0 Å². The topological polar surface area (TPSA) is 103 Å². The van der Waals surface area contributed by atoms with Crippen LogP contribution in [0.15, 0.2) is 46.1 Å². The van der Waals surface area contributed by atoms with Crippen LogP contribution in [-0.4, -0.2) is 40.4 Å². The maximum absolute atomic E-state index is 13.3. The molecular formula is C24H27N5O4S. The Bertz CT molecular complexity index is 1360. The molecule has 5 rings (SSSR count). The van der Waals surface area contributed by atoms with Crippen LogP contribution in [0.1, 0.15) is 28.7 Å². The van der Waals surface area contributed by atoms with Gasteiger partial charge in [0.1, 0.15) is 21.8 Å². The third-order valence-corrected chi connectivity index (χ3v) is 7.09. The average molecular weight is 482 g/mol. The molecule has 1 atom stereocenters.